The van der Waals surface area contributed by atoms with E-state index in [2.05, 4.69) is 10.4 Å². The molecule has 0 amide bonds. The lowest BCUT2D eigenvalue weighted by molar-refractivity contribution is 0.462. The van der Waals surface area contributed by atoms with Crippen molar-refractivity contribution in [2.24, 2.45) is 0 Å². The van der Waals surface area contributed by atoms with Gasteiger partial charge in [0.05, 0.1) is 11.9 Å². The summed E-state index contributed by atoms with van der Waals surface area (Å²) >= 11 is 6.12. The van der Waals surface area contributed by atoms with Crippen molar-refractivity contribution in [3.8, 4) is 0 Å². The van der Waals surface area contributed by atoms with Crippen LogP contribution in [0.5, 0.6) is 0 Å². The Labute approximate surface area is 112 Å². The molecule has 18 heavy (non-hydrogen) atoms. The molecule has 0 radical (unpaired) electrons. The monoisotopic (exact) mass is 269 g/mol. The van der Waals surface area contributed by atoms with Crippen molar-refractivity contribution in [3.63, 3.8) is 0 Å². The minimum Gasteiger partial charge on any atom is -0.380 e. The van der Waals surface area contributed by atoms with Crippen LogP contribution in [-0.2, 0) is 6.54 Å². The van der Waals surface area contributed by atoms with E-state index in [4.69, 9.17) is 11.6 Å². The molecule has 0 aromatic carbocycles. The van der Waals surface area contributed by atoms with Crippen LogP contribution in [0.2, 0.25) is 5.02 Å². The van der Waals surface area contributed by atoms with Crippen molar-refractivity contribution in [1.29, 1.82) is 0 Å². The SMILES string of the molecule is CCCn1ncc(NC2CCCCC2)c(Cl)c1=O. The number of rotatable bonds is 4. The molecule has 1 saturated carbocycles. The third kappa shape index (κ3) is 3.05. The Kier molecular flexibility index (Phi) is 4.64. The van der Waals surface area contributed by atoms with Gasteiger partial charge in [-0.15, -0.1) is 0 Å². The third-order valence-electron chi connectivity index (χ3n) is 3.39. The molecule has 4 nitrogen and oxygen atoms in total. The highest BCUT2D eigenvalue weighted by Gasteiger charge is 2.16. The van der Waals surface area contributed by atoms with Crippen LogP contribution < -0.4 is 10.9 Å². The third-order valence-corrected chi connectivity index (χ3v) is 3.75. The molecule has 1 aromatic rings. The highest BCUT2D eigenvalue weighted by Crippen LogP contribution is 2.23. The summed E-state index contributed by atoms with van der Waals surface area (Å²) in [4.78, 5) is 11.9. The van der Waals surface area contributed by atoms with Crippen LogP contribution >= 0.6 is 11.6 Å². The van der Waals surface area contributed by atoms with E-state index < -0.39 is 0 Å². The lowest BCUT2D eigenvalue weighted by Crippen LogP contribution is -2.27. The molecule has 0 aliphatic heterocycles. The molecule has 0 saturated heterocycles. The van der Waals surface area contributed by atoms with E-state index in [0.29, 0.717) is 18.3 Å². The van der Waals surface area contributed by atoms with Crippen molar-refractivity contribution >= 4 is 17.3 Å². The van der Waals surface area contributed by atoms with E-state index in [-0.39, 0.29) is 10.6 Å². The van der Waals surface area contributed by atoms with Gasteiger partial charge in [-0.25, -0.2) is 4.68 Å². The van der Waals surface area contributed by atoms with Crippen LogP contribution in [0.15, 0.2) is 11.0 Å². The smallest absolute Gasteiger partial charge is 0.287 e. The fourth-order valence-electron chi connectivity index (χ4n) is 2.40. The molecule has 5 heteroatoms. The maximum atomic E-state index is 11.9. The summed E-state index contributed by atoms with van der Waals surface area (Å²) in [5, 5.41) is 7.77. The second kappa shape index (κ2) is 6.23. The van der Waals surface area contributed by atoms with Gasteiger partial charge in [-0.3, -0.25) is 4.79 Å². The first-order chi connectivity index (χ1) is 8.72. The first-order valence-electron chi connectivity index (χ1n) is 6.74. The van der Waals surface area contributed by atoms with Gasteiger partial charge in [0, 0.05) is 12.6 Å². The van der Waals surface area contributed by atoms with Gasteiger partial charge in [0.25, 0.3) is 5.56 Å². The average Bonchev–Trinajstić information content (AvgIpc) is 2.40. The number of hydrogen-bond acceptors (Lipinski definition) is 3. The summed E-state index contributed by atoms with van der Waals surface area (Å²) in [5.41, 5.74) is 0.486. The molecule has 1 aliphatic carbocycles. The average molecular weight is 270 g/mol. The zero-order valence-electron chi connectivity index (χ0n) is 10.8. The first kappa shape index (κ1) is 13.4. The highest BCUT2D eigenvalue weighted by molar-refractivity contribution is 6.32. The standard InChI is InChI=1S/C13H20ClN3O/c1-2-8-17-13(18)12(14)11(9-15-17)16-10-6-4-3-5-7-10/h9-10,16H,2-8H2,1H3. The summed E-state index contributed by atoms with van der Waals surface area (Å²) < 4.78 is 1.42. The van der Waals surface area contributed by atoms with Crippen molar-refractivity contribution in [1.82, 2.24) is 9.78 Å². The fourth-order valence-corrected chi connectivity index (χ4v) is 2.60. The molecule has 0 unspecified atom stereocenters. The minimum atomic E-state index is -0.195. The van der Waals surface area contributed by atoms with Crippen LogP contribution in [0.4, 0.5) is 5.69 Å². The Morgan fingerprint density at radius 1 is 1.44 bits per heavy atom. The Bertz CT molecular complexity index is 452. The van der Waals surface area contributed by atoms with Crippen LogP contribution in [0, 0.1) is 0 Å². The largest absolute Gasteiger partial charge is 0.380 e. The Morgan fingerprint density at radius 2 is 2.17 bits per heavy atom. The predicted octanol–water partition coefficient (Wildman–Crippen LogP) is 3.05. The second-order valence-corrected chi connectivity index (χ2v) is 5.26. The zero-order chi connectivity index (χ0) is 13.0. The molecule has 1 heterocycles. The summed E-state index contributed by atoms with van der Waals surface area (Å²) in [5.74, 6) is 0. The molecular formula is C13H20ClN3O. The van der Waals surface area contributed by atoms with Gasteiger partial charge in [0.2, 0.25) is 0 Å². The van der Waals surface area contributed by atoms with E-state index in [0.717, 1.165) is 19.3 Å². The fraction of sp³-hybridized carbons (Fsp3) is 0.692. The molecule has 0 bridgehead atoms. The van der Waals surface area contributed by atoms with E-state index in [1.54, 1.807) is 6.20 Å². The quantitative estimate of drug-likeness (QED) is 0.914. The van der Waals surface area contributed by atoms with Crippen molar-refractivity contribution in [3.05, 3.63) is 21.6 Å². The normalized spacial score (nSPS) is 16.8. The zero-order valence-corrected chi connectivity index (χ0v) is 11.5. The van der Waals surface area contributed by atoms with Crippen LogP contribution in [0.25, 0.3) is 0 Å². The van der Waals surface area contributed by atoms with Gasteiger partial charge >= 0.3 is 0 Å². The summed E-state index contributed by atoms with van der Waals surface area (Å²) in [7, 11) is 0. The Balaban J connectivity index is 2.13. The van der Waals surface area contributed by atoms with Gasteiger partial charge < -0.3 is 5.32 Å². The second-order valence-electron chi connectivity index (χ2n) is 4.88. The van der Waals surface area contributed by atoms with E-state index in [9.17, 15) is 4.79 Å². The van der Waals surface area contributed by atoms with Crippen LogP contribution in [0.1, 0.15) is 45.4 Å². The number of aromatic nitrogens is 2. The molecule has 0 atom stereocenters. The number of anilines is 1. The van der Waals surface area contributed by atoms with Crippen LogP contribution in [0.3, 0.4) is 0 Å². The molecule has 2 rings (SSSR count). The van der Waals surface area contributed by atoms with Crippen molar-refractivity contribution in [2.45, 2.75) is 58.0 Å². The lowest BCUT2D eigenvalue weighted by atomic mass is 9.95. The van der Waals surface area contributed by atoms with E-state index in [1.165, 1.54) is 23.9 Å². The number of nitrogens with one attached hydrogen (secondary N) is 1. The van der Waals surface area contributed by atoms with E-state index >= 15 is 0 Å². The maximum Gasteiger partial charge on any atom is 0.287 e. The highest BCUT2D eigenvalue weighted by atomic mass is 35.5. The maximum absolute atomic E-state index is 11.9. The molecule has 0 spiro atoms. The number of hydrogen-bond donors (Lipinski definition) is 1. The Morgan fingerprint density at radius 3 is 2.83 bits per heavy atom. The van der Waals surface area contributed by atoms with Crippen LogP contribution in [-0.4, -0.2) is 15.8 Å². The van der Waals surface area contributed by atoms with E-state index in [1.807, 2.05) is 6.92 Å². The van der Waals surface area contributed by atoms with Gasteiger partial charge in [-0.2, -0.15) is 5.10 Å². The van der Waals surface area contributed by atoms with Gasteiger partial charge in [0.1, 0.15) is 5.02 Å². The number of nitrogens with zero attached hydrogens (tertiary/aromatic N) is 2. The minimum absolute atomic E-state index is 0.195. The molecular weight excluding hydrogens is 250 g/mol. The predicted molar refractivity (Wildman–Crippen MR) is 74.3 cm³/mol. The lowest BCUT2D eigenvalue weighted by Gasteiger charge is -2.24. The molecule has 1 aromatic heterocycles. The first-order valence-corrected chi connectivity index (χ1v) is 7.12. The Hall–Kier alpha value is -1.03. The van der Waals surface area contributed by atoms with Gasteiger partial charge in [-0.1, -0.05) is 37.8 Å². The van der Waals surface area contributed by atoms with Crippen molar-refractivity contribution in [2.75, 3.05) is 5.32 Å². The molecule has 1 aliphatic rings. The van der Waals surface area contributed by atoms with Gasteiger partial charge in [-0.05, 0) is 19.3 Å². The topological polar surface area (TPSA) is 46.9 Å². The van der Waals surface area contributed by atoms with Gasteiger partial charge in [0.15, 0.2) is 0 Å². The number of halogens is 1. The summed E-state index contributed by atoms with van der Waals surface area (Å²) in [6, 6.07) is 0.430. The molecule has 1 fully saturated rings. The molecule has 100 valence electrons. The van der Waals surface area contributed by atoms with Crippen molar-refractivity contribution < 1.29 is 0 Å². The number of aryl methyl sites for hydroxylation is 1. The summed E-state index contributed by atoms with van der Waals surface area (Å²) in [6.45, 7) is 2.62. The summed E-state index contributed by atoms with van der Waals surface area (Å²) in [6.07, 6.45) is 8.64. The molecule has 1 N–H and O–H groups in total.